The molecule has 0 aromatic heterocycles. The molecular weight excluding hydrogens is 344 g/mol. The van der Waals surface area contributed by atoms with Gasteiger partial charge in [-0.3, -0.25) is 10.1 Å². The minimum absolute atomic E-state index is 0.316. The van der Waals surface area contributed by atoms with E-state index in [1.54, 1.807) is 6.07 Å². The molecule has 0 saturated carbocycles. The quantitative estimate of drug-likeness (QED) is 0.494. The molecule has 3 aromatic rings. The highest BCUT2D eigenvalue weighted by atomic mass is 16.6. The smallest absolute Gasteiger partial charge is 0.342 e. The number of hydrogen-bond acceptors (Lipinski definition) is 4. The van der Waals surface area contributed by atoms with E-state index in [0.29, 0.717) is 18.8 Å². The van der Waals surface area contributed by atoms with Gasteiger partial charge in [0.2, 0.25) is 0 Å². The van der Waals surface area contributed by atoms with E-state index < -0.39 is 16.6 Å². The van der Waals surface area contributed by atoms with Crippen LogP contribution in [0.1, 0.15) is 21.5 Å². The fourth-order valence-electron chi connectivity index (χ4n) is 2.90. The van der Waals surface area contributed by atoms with Crippen LogP contribution in [0.25, 0.3) is 0 Å². The van der Waals surface area contributed by atoms with Crippen LogP contribution in [-0.4, -0.2) is 16.0 Å². The Balaban J connectivity index is 2.00. The molecule has 0 fully saturated rings. The first kappa shape index (κ1) is 18.1. The molecule has 0 bridgehead atoms. The van der Waals surface area contributed by atoms with E-state index in [0.717, 1.165) is 11.1 Å². The molecule has 0 unspecified atom stereocenters. The van der Waals surface area contributed by atoms with Gasteiger partial charge in [-0.25, -0.2) is 4.79 Å². The van der Waals surface area contributed by atoms with Gasteiger partial charge in [-0.2, -0.15) is 0 Å². The lowest BCUT2D eigenvalue weighted by Crippen LogP contribution is -2.22. The Morgan fingerprint density at radius 3 is 1.85 bits per heavy atom. The average Bonchev–Trinajstić information content (AvgIpc) is 2.68. The number of benzene rings is 3. The lowest BCUT2D eigenvalue weighted by atomic mass is 10.1. The highest BCUT2D eigenvalue weighted by molar-refractivity contribution is 5.93. The Hall–Kier alpha value is -3.67. The molecule has 27 heavy (non-hydrogen) atoms. The van der Waals surface area contributed by atoms with E-state index in [1.807, 2.05) is 65.6 Å². The zero-order valence-electron chi connectivity index (χ0n) is 14.5. The second-order valence-electron chi connectivity index (χ2n) is 6.09. The van der Waals surface area contributed by atoms with Gasteiger partial charge in [0.05, 0.1) is 4.92 Å². The molecule has 0 aliphatic heterocycles. The number of nitro groups is 1. The molecule has 1 N–H and O–H groups in total. The van der Waals surface area contributed by atoms with Crippen molar-refractivity contribution in [1.29, 1.82) is 0 Å². The number of carboxylic acid groups (broad SMARTS) is 1. The minimum atomic E-state index is -1.32. The summed E-state index contributed by atoms with van der Waals surface area (Å²) in [7, 11) is 0. The van der Waals surface area contributed by atoms with Crippen LogP contribution in [-0.2, 0) is 13.1 Å². The van der Waals surface area contributed by atoms with Crippen LogP contribution in [0.5, 0.6) is 0 Å². The number of rotatable bonds is 7. The maximum absolute atomic E-state index is 11.5. The van der Waals surface area contributed by atoms with Crippen molar-refractivity contribution in [2.45, 2.75) is 13.1 Å². The molecule has 0 atom stereocenters. The number of nitrogens with zero attached hydrogens (tertiary/aromatic N) is 2. The normalized spacial score (nSPS) is 10.4. The Labute approximate surface area is 156 Å². The first-order valence-corrected chi connectivity index (χ1v) is 8.39. The Morgan fingerprint density at radius 2 is 1.41 bits per heavy atom. The van der Waals surface area contributed by atoms with Crippen molar-refractivity contribution >= 4 is 17.3 Å². The van der Waals surface area contributed by atoms with Gasteiger partial charge in [0, 0.05) is 24.8 Å². The van der Waals surface area contributed by atoms with Gasteiger partial charge in [-0.05, 0) is 23.3 Å². The van der Waals surface area contributed by atoms with Crippen LogP contribution < -0.4 is 4.90 Å². The van der Waals surface area contributed by atoms with E-state index in [9.17, 15) is 20.0 Å². The summed E-state index contributed by atoms with van der Waals surface area (Å²) in [4.78, 5) is 23.9. The molecular formula is C21H18N2O4. The monoisotopic (exact) mass is 362 g/mol. The van der Waals surface area contributed by atoms with Gasteiger partial charge >= 0.3 is 5.97 Å². The third-order valence-electron chi connectivity index (χ3n) is 4.20. The molecule has 0 heterocycles. The largest absolute Gasteiger partial charge is 0.477 e. The molecule has 6 nitrogen and oxygen atoms in total. The lowest BCUT2D eigenvalue weighted by molar-refractivity contribution is -0.385. The Morgan fingerprint density at radius 1 is 0.889 bits per heavy atom. The SMILES string of the molecule is O=C(O)c1cc(N(Cc2ccccc2)Cc2ccccc2)ccc1[N+](=O)[O-]. The summed E-state index contributed by atoms with van der Waals surface area (Å²) in [5.41, 5.74) is 2.01. The zero-order valence-corrected chi connectivity index (χ0v) is 14.5. The van der Waals surface area contributed by atoms with Crippen LogP contribution in [0.3, 0.4) is 0 Å². The van der Waals surface area contributed by atoms with Crippen molar-refractivity contribution in [1.82, 2.24) is 0 Å². The van der Waals surface area contributed by atoms with Gasteiger partial charge in [0.25, 0.3) is 5.69 Å². The van der Waals surface area contributed by atoms with Gasteiger partial charge in [0.1, 0.15) is 5.56 Å². The van der Waals surface area contributed by atoms with E-state index in [1.165, 1.54) is 12.1 Å². The van der Waals surface area contributed by atoms with Gasteiger partial charge in [0.15, 0.2) is 0 Å². The molecule has 0 spiro atoms. The summed E-state index contributed by atoms with van der Waals surface area (Å²) < 4.78 is 0. The summed E-state index contributed by atoms with van der Waals surface area (Å²) in [6, 6.07) is 23.8. The highest BCUT2D eigenvalue weighted by Gasteiger charge is 2.21. The molecule has 0 aliphatic rings. The highest BCUT2D eigenvalue weighted by Crippen LogP contribution is 2.27. The summed E-state index contributed by atoms with van der Waals surface area (Å²) in [5, 5.41) is 20.5. The third-order valence-corrected chi connectivity index (χ3v) is 4.20. The van der Waals surface area contributed by atoms with Crippen molar-refractivity contribution in [2.75, 3.05) is 4.90 Å². The molecule has 0 amide bonds. The summed E-state index contributed by atoms with van der Waals surface area (Å²) in [6.07, 6.45) is 0. The number of carboxylic acids is 1. The first-order valence-electron chi connectivity index (χ1n) is 8.39. The fourth-order valence-corrected chi connectivity index (χ4v) is 2.90. The number of nitro benzene ring substituents is 1. The van der Waals surface area contributed by atoms with Crippen LogP contribution in [0.4, 0.5) is 11.4 Å². The van der Waals surface area contributed by atoms with Crippen molar-refractivity contribution < 1.29 is 14.8 Å². The predicted octanol–water partition coefficient (Wildman–Crippen LogP) is 4.50. The summed E-state index contributed by atoms with van der Waals surface area (Å²) in [5.74, 6) is -1.32. The standard InChI is InChI=1S/C21H18N2O4/c24-21(25)19-13-18(11-12-20(19)23(26)27)22(14-16-7-3-1-4-8-16)15-17-9-5-2-6-10-17/h1-13H,14-15H2,(H,24,25). The average molecular weight is 362 g/mol. The Kier molecular flexibility index (Phi) is 5.47. The maximum atomic E-state index is 11.5. The van der Waals surface area contributed by atoms with Crippen LogP contribution in [0.15, 0.2) is 78.9 Å². The zero-order chi connectivity index (χ0) is 19.2. The van der Waals surface area contributed by atoms with Crippen LogP contribution in [0.2, 0.25) is 0 Å². The van der Waals surface area contributed by atoms with Gasteiger partial charge in [-0.1, -0.05) is 60.7 Å². The number of anilines is 1. The molecule has 0 aliphatic carbocycles. The van der Waals surface area contributed by atoms with Crippen LogP contribution >= 0.6 is 0 Å². The van der Waals surface area contributed by atoms with Crippen molar-refractivity contribution in [3.05, 3.63) is 106 Å². The molecule has 3 rings (SSSR count). The molecule has 0 radical (unpaired) electrons. The topological polar surface area (TPSA) is 83.7 Å². The van der Waals surface area contributed by atoms with Gasteiger partial charge < -0.3 is 10.0 Å². The number of aromatic carboxylic acids is 1. The number of carbonyl (C=O) groups is 1. The summed E-state index contributed by atoms with van der Waals surface area (Å²) >= 11 is 0. The molecule has 136 valence electrons. The summed E-state index contributed by atoms with van der Waals surface area (Å²) in [6.45, 7) is 1.10. The van der Waals surface area contributed by atoms with E-state index in [2.05, 4.69) is 0 Å². The molecule has 6 heteroatoms. The number of hydrogen-bond donors (Lipinski definition) is 1. The van der Waals surface area contributed by atoms with E-state index in [4.69, 9.17) is 0 Å². The fraction of sp³-hybridized carbons (Fsp3) is 0.0952. The van der Waals surface area contributed by atoms with E-state index >= 15 is 0 Å². The predicted molar refractivity (Wildman–Crippen MR) is 103 cm³/mol. The second kappa shape index (κ2) is 8.14. The second-order valence-corrected chi connectivity index (χ2v) is 6.09. The van der Waals surface area contributed by atoms with Gasteiger partial charge in [-0.15, -0.1) is 0 Å². The Bertz CT molecular complexity index is 901. The van der Waals surface area contributed by atoms with Crippen LogP contribution in [0, 0.1) is 10.1 Å². The van der Waals surface area contributed by atoms with Crippen molar-refractivity contribution in [3.8, 4) is 0 Å². The van der Waals surface area contributed by atoms with Crippen molar-refractivity contribution in [3.63, 3.8) is 0 Å². The third kappa shape index (κ3) is 4.49. The lowest BCUT2D eigenvalue weighted by Gasteiger charge is -2.25. The maximum Gasteiger partial charge on any atom is 0.342 e. The molecule has 0 saturated heterocycles. The molecule has 3 aromatic carbocycles. The van der Waals surface area contributed by atoms with Crippen molar-refractivity contribution in [2.24, 2.45) is 0 Å². The van der Waals surface area contributed by atoms with E-state index in [-0.39, 0.29) is 5.56 Å². The minimum Gasteiger partial charge on any atom is -0.477 e. The first-order chi connectivity index (χ1) is 13.0.